The zero-order valence-electron chi connectivity index (χ0n) is 19.1. The van der Waals surface area contributed by atoms with Gasteiger partial charge in [0.25, 0.3) is 0 Å². The standard InChI is InChI=1S/C24H30N2O6Si/c1-33(2,3)13-12-31-23(29)25-14-21(22(27)28)26-24(30)32-15-20-18-10-6-4-8-16(18)17-9-5-7-11-19(17)20/h4-11,20-21H,12-15H2,1-3H3,(H,25,29)(H,26,30)(H,27,28)/t21-/m0/s1. The van der Waals surface area contributed by atoms with Gasteiger partial charge < -0.3 is 25.2 Å². The molecule has 176 valence electrons. The number of nitrogens with one attached hydrogen (secondary N) is 2. The molecule has 0 aliphatic heterocycles. The van der Waals surface area contributed by atoms with E-state index in [-0.39, 0.29) is 25.7 Å². The summed E-state index contributed by atoms with van der Waals surface area (Å²) in [7, 11) is -1.35. The highest BCUT2D eigenvalue weighted by molar-refractivity contribution is 6.76. The normalized spacial score (nSPS) is 13.4. The third-order valence-electron chi connectivity index (χ3n) is 5.47. The van der Waals surface area contributed by atoms with Gasteiger partial charge in [-0.1, -0.05) is 68.2 Å². The number of aliphatic carboxylic acids is 1. The van der Waals surface area contributed by atoms with Crippen LogP contribution in [0.3, 0.4) is 0 Å². The van der Waals surface area contributed by atoms with Gasteiger partial charge in [0, 0.05) is 14.0 Å². The molecule has 1 aliphatic rings. The summed E-state index contributed by atoms with van der Waals surface area (Å²) in [5.74, 6) is -1.42. The van der Waals surface area contributed by atoms with E-state index in [1.54, 1.807) is 0 Å². The summed E-state index contributed by atoms with van der Waals surface area (Å²) >= 11 is 0. The van der Waals surface area contributed by atoms with Crippen LogP contribution < -0.4 is 10.6 Å². The van der Waals surface area contributed by atoms with Crippen LogP contribution >= 0.6 is 0 Å². The topological polar surface area (TPSA) is 114 Å². The predicted molar refractivity (Wildman–Crippen MR) is 127 cm³/mol. The fraction of sp³-hybridized carbons (Fsp3) is 0.375. The van der Waals surface area contributed by atoms with Gasteiger partial charge >= 0.3 is 18.2 Å². The van der Waals surface area contributed by atoms with Gasteiger partial charge in [0.05, 0.1) is 13.2 Å². The third-order valence-corrected chi connectivity index (χ3v) is 7.17. The first kappa shape index (κ1) is 24.3. The monoisotopic (exact) mass is 470 g/mol. The summed E-state index contributed by atoms with van der Waals surface area (Å²) in [5, 5.41) is 14.1. The number of carbonyl (C=O) groups excluding carboxylic acids is 2. The molecule has 3 N–H and O–H groups in total. The summed E-state index contributed by atoms with van der Waals surface area (Å²) in [4.78, 5) is 35.7. The maximum absolute atomic E-state index is 12.3. The largest absolute Gasteiger partial charge is 0.480 e. The van der Waals surface area contributed by atoms with Gasteiger partial charge in [-0.15, -0.1) is 0 Å². The number of ether oxygens (including phenoxy) is 2. The summed E-state index contributed by atoms with van der Waals surface area (Å²) < 4.78 is 10.5. The molecule has 8 nitrogen and oxygen atoms in total. The van der Waals surface area contributed by atoms with Crippen LogP contribution in [0.25, 0.3) is 11.1 Å². The minimum absolute atomic E-state index is 0.0678. The van der Waals surface area contributed by atoms with Gasteiger partial charge in [0.15, 0.2) is 0 Å². The SMILES string of the molecule is C[Si](C)(C)CCOC(=O)NC[C@H](NC(=O)OCC1c2ccccc2-c2ccccc21)C(=O)O. The van der Waals surface area contributed by atoms with Crippen LogP contribution in [0.1, 0.15) is 17.0 Å². The quantitative estimate of drug-likeness (QED) is 0.477. The van der Waals surface area contributed by atoms with Crippen molar-refractivity contribution in [2.75, 3.05) is 19.8 Å². The van der Waals surface area contributed by atoms with Crippen LogP contribution in [0.2, 0.25) is 25.7 Å². The Bertz CT molecular complexity index is 975. The molecule has 0 aromatic heterocycles. The zero-order chi connectivity index (χ0) is 24.0. The van der Waals surface area contributed by atoms with Gasteiger partial charge in [-0.2, -0.15) is 0 Å². The summed E-state index contributed by atoms with van der Waals surface area (Å²) in [6.45, 7) is 6.51. The first-order valence-electron chi connectivity index (χ1n) is 10.9. The van der Waals surface area contributed by atoms with Gasteiger partial charge in [-0.05, 0) is 28.3 Å². The van der Waals surface area contributed by atoms with Crippen LogP contribution in [-0.4, -0.2) is 57.1 Å². The van der Waals surface area contributed by atoms with Crippen LogP contribution in [0.15, 0.2) is 48.5 Å². The number of hydrogen-bond donors (Lipinski definition) is 3. The summed E-state index contributed by atoms with van der Waals surface area (Å²) in [6, 6.07) is 15.3. The average molecular weight is 471 g/mol. The first-order valence-corrected chi connectivity index (χ1v) is 14.6. The molecule has 0 fully saturated rings. The molecule has 2 amide bonds. The lowest BCUT2D eigenvalue weighted by Crippen LogP contribution is -2.48. The van der Waals surface area contributed by atoms with Gasteiger partial charge in [-0.3, -0.25) is 0 Å². The molecule has 0 spiro atoms. The molecule has 33 heavy (non-hydrogen) atoms. The lowest BCUT2D eigenvalue weighted by molar-refractivity contribution is -0.139. The number of carbonyl (C=O) groups is 3. The van der Waals surface area contributed by atoms with Crippen molar-refractivity contribution in [1.82, 2.24) is 10.6 Å². The molecule has 0 bridgehead atoms. The second-order valence-corrected chi connectivity index (χ2v) is 14.8. The molecule has 0 saturated carbocycles. The molecule has 1 atom stereocenters. The molecule has 3 rings (SSSR count). The van der Waals surface area contributed by atoms with E-state index >= 15 is 0 Å². The van der Waals surface area contributed by atoms with E-state index in [0.29, 0.717) is 0 Å². The number of rotatable bonds is 9. The van der Waals surface area contributed by atoms with Crippen molar-refractivity contribution in [3.8, 4) is 11.1 Å². The number of hydrogen-bond acceptors (Lipinski definition) is 5. The summed E-state index contributed by atoms with van der Waals surface area (Å²) in [5.41, 5.74) is 4.32. The Labute approximate surface area is 194 Å². The second kappa shape index (κ2) is 10.5. The Morgan fingerprint density at radius 1 is 0.939 bits per heavy atom. The molecule has 2 aromatic rings. The number of fused-ring (bicyclic) bond motifs is 3. The van der Waals surface area contributed by atoms with Crippen molar-refractivity contribution in [2.24, 2.45) is 0 Å². The minimum atomic E-state index is -1.35. The van der Waals surface area contributed by atoms with Crippen molar-refractivity contribution in [2.45, 2.75) is 37.6 Å². The number of benzene rings is 2. The fourth-order valence-electron chi connectivity index (χ4n) is 3.67. The Morgan fingerprint density at radius 3 is 2.06 bits per heavy atom. The maximum Gasteiger partial charge on any atom is 0.407 e. The van der Waals surface area contributed by atoms with Crippen molar-refractivity contribution in [3.63, 3.8) is 0 Å². The number of carboxylic acids is 1. The van der Waals surface area contributed by atoms with Crippen molar-refractivity contribution in [3.05, 3.63) is 59.7 Å². The molecule has 0 heterocycles. The van der Waals surface area contributed by atoms with E-state index in [2.05, 4.69) is 30.3 Å². The van der Waals surface area contributed by atoms with Crippen molar-refractivity contribution in [1.29, 1.82) is 0 Å². The molecule has 0 saturated heterocycles. The third kappa shape index (κ3) is 6.58. The minimum Gasteiger partial charge on any atom is -0.480 e. The van der Waals surface area contributed by atoms with E-state index in [1.165, 1.54) is 0 Å². The van der Waals surface area contributed by atoms with E-state index in [9.17, 15) is 19.5 Å². The van der Waals surface area contributed by atoms with Crippen LogP contribution in [-0.2, 0) is 14.3 Å². The maximum atomic E-state index is 12.3. The number of alkyl carbamates (subject to hydrolysis) is 2. The Hall–Kier alpha value is -3.33. The van der Waals surface area contributed by atoms with Crippen LogP contribution in [0, 0.1) is 0 Å². The molecular weight excluding hydrogens is 440 g/mol. The molecular formula is C24H30N2O6Si. The average Bonchev–Trinajstić information content (AvgIpc) is 3.08. The Kier molecular flexibility index (Phi) is 7.75. The molecule has 2 aromatic carbocycles. The smallest absolute Gasteiger partial charge is 0.407 e. The second-order valence-electron chi connectivity index (χ2n) is 9.19. The summed E-state index contributed by atoms with van der Waals surface area (Å²) in [6.07, 6.45) is -1.58. The fourth-order valence-corrected chi connectivity index (χ4v) is 4.38. The lowest BCUT2D eigenvalue weighted by atomic mass is 9.98. The molecule has 1 aliphatic carbocycles. The molecule has 0 radical (unpaired) electrons. The van der Waals surface area contributed by atoms with E-state index < -0.39 is 32.3 Å². The van der Waals surface area contributed by atoms with Gasteiger partial charge in [0.2, 0.25) is 0 Å². The first-order chi connectivity index (χ1) is 15.7. The Morgan fingerprint density at radius 2 is 1.52 bits per heavy atom. The highest BCUT2D eigenvalue weighted by atomic mass is 28.3. The Balaban J connectivity index is 1.52. The van der Waals surface area contributed by atoms with Gasteiger partial charge in [0.1, 0.15) is 12.6 Å². The highest BCUT2D eigenvalue weighted by Crippen LogP contribution is 2.44. The predicted octanol–water partition coefficient (Wildman–Crippen LogP) is 4.04. The number of carboxylic acid groups (broad SMARTS) is 1. The van der Waals surface area contributed by atoms with Crippen LogP contribution in [0.4, 0.5) is 9.59 Å². The van der Waals surface area contributed by atoms with E-state index in [1.807, 2.05) is 48.5 Å². The number of amides is 2. The van der Waals surface area contributed by atoms with Crippen molar-refractivity contribution >= 4 is 26.2 Å². The van der Waals surface area contributed by atoms with Crippen molar-refractivity contribution < 1.29 is 29.0 Å². The molecule has 0 unspecified atom stereocenters. The van der Waals surface area contributed by atoms with E-state index in [0.717, 1.165) is 28.3 Å². The van der Waals surface area contributed by atoms with Gasteiger partial charge in [-0.25, -0.2) is 14.4 Å². The van der Waals surface area contributed by atoms with Crippen LogP contribution in [0.5, 0.6) is 0 Å². The van der Waals surface area contributed by atoms with E-state index in [4.69, 9.17) is 9.47 Å². The zero-order valence-corrected chi connectivity index (χ0v) is 20.1. The highest BCUT2D eigenvalue weighted by Gasteiger charge is 2.30. The molecule has 9 heteroatoms. The lowest BCUT2D eigenvalue weighted by Gasteiger charge is -2.18.